The van der Waals surface area contributed by atoms with Crippen molar-refractivity contribution >= 4 is 6.29 Å². The second kappa shape index (κ2) is 2.70. The van der Waals surface area contributed by atoms with E-state index in [2.05, 4.69) is 0 Å². The van der Waals surface area contributed by atoms with Crippen molar-refractivity contribution in [1.82, 2.24) is 0 Å². The molecule has 58 valence electrons. The molecule has 1 aliphatic heterocycles. The number of rotatable bonds is 1. The number of hydrogen-bond acceptors (Lipinski definition) is 2. The first-order valence-electron chi connectivity index (χ1n) is 3.76. The van der Waals surface area contributed by atoms with Crippen LogP contribution in [0.4, 0.5) is 0 Å². The molecule has 0 aromatic carbocycles. The summed E-state index contributed by atoms with van der Waals surface area (Å²) in [5.41, 5.74) is -0.222. The zero-order chi connectivity index (χ0) is 7.61. The lowest BCUT2D eigenvalue weighted by Gasteiger charge is -2.35. The molecule has 2 nitrogen and oxygen atoms in total. The lowest BCUT2D eigenvalue weighted by molar-refractivity contribution is -0.131. The van der Waals surface area contributed by atoms with Crippen LogP contribution in [0.25, 0.3) is 0 Å². The van der Waals surface area contributed by atoms with Gasteiger partial charge in [0.05, 0.1) is 5.60 Å². The van der Waals surface area contributed by atoms with E-state index in [1.54, 1.807) is 0 Å². The van der Waals surface area contributed by atoms with E-state index in [1.165, 1.54) is 0 Å². The average Bonchev–Trinajstić information content (AvgIpc) is 1.87. The minimum Gasteiger partial charge on any atom is -0.375 e. The van der Waals surface area contributed by atoms with Gasteiger partial charge in [0.15, 0.2) is 0 Å². The Bertz CT molecular complexity index is 129. The molecule has 0 bridgehead atoms. The number of aldehydes is 1. The van der Waals surface area contributed by atoms with Gasteiger partial charge in [0.1, 0.15) is 6.29 Å². The molecule has 1 heterocycles. The van der Waals surface area contributed by atoms with Crippen LogP contribution in [0.1, 0.15) is 26.7 Å². The predicted octanol–water partition coefficient (Wildman–Crippen LogP) is 1.39. The summed E-state index contributed by atoms with van der Waals surface area (Å²) in [4.78, 5) is 10.5. The Kier molecular flexibility index (Phi) is 2.09. The maximum atomic E-state index is 10.5. The van der Waals surface area contributed by atoms with Gasteiger partial charge in [0.25, 0.3) is 0 Å². The first-order chi connectivity index (χ1) is 4.67. The Labute approximate surface area is 61.6 Å². The van der Waals surface area contributed by atoms with Gasteiger partial charge in [0.2, 0.25) is 0 Å². The zero-order valence-corrected chi connectivity index (χ0v) is 6.59. The molecule has 1 saturated heterocycles. The zero-order valence-electron chi connectivity index (χ0n) is 6.59. The molecule has 1 fully saturated rings. The molecule has 1 atom stereocenters. The Morgan fingerprint density at radius 2 is 2.30 bits per heavy atom. The summed E-state index contributed by atoms with van der Waals surface area (Å²) >= 11 is 0. The van der Waals surface area contributed by atoms with Gasteiger partial charge < -0.3 is 9.53 Å². The minimum atomic E-state index is -0.222. The maximum absolute atomic E-state index is 10.5. The van der Waals surface area contributed by atoms with Gasteiger partial charge in [-0.25, -0.2) is 0 Å². The van der Waals surface area contributed by atoms with Crippen molar-refractivity contribution in [3.05, 3.63) is 0 Å². The van der Waals surface area contributed by atoms with Crippen molar-refractivity contribution in [2.24, 2.45) is 5.92 Å². The lowest BCUT2D eigenvalue weighted by atomic mass is 9.86. The first-order valence-corrected chi connectivity index (χ1v) is 3.76. The van der Waals surface area contributed by atoms with E-state index in [0.29, 0.717) is 0 Å². The summed E-state index contributed by atoms with van der Waals surface area (Å²) in [6.07, 6.45) is 3.02. The molecular formula is C8H14O2. The van der Waals surface area contributed by atoms with Crippen LogP contribution in [0.2, 0.25) is 0 Å². The van der Waals surface area contributed by atoms with E-state index in [4.69, 9.17) is 4.74 Å². The van der Waals surface area contributed by atoms with Crippen molar-refractivity contribution in [1.29, 1.82) is 0 Å². The molecule has 0 spiro atoms. The Morgan fingerprint density at radius 1 is 1.60 bits per heavy atom. The Balaban J connectivity index is 2.59. The maximum Gasteiger partial charge on any atom is 0.125 e. The molecule has 1 aliphatic rings. The van der Waals surface area contributed by atoms with Crippen LogP contribution in [0.15, 0.2) is 0 Å². The summed E-state index contributed by atoms with van der Waals surface area (Å²) in [6.45, 7) is 4.76. The normalized spacial score (nSPS) is 31.6. The molecule has 0 aromatic heterocycles. The topological polar surface area (TPSA) is 26.3 Å². The lowest BCUT2D eigenvalue weighted by Crippen LogP contribution is -2.39. The summed E-state index contributed by atoms with van der Waals surface area (Å²) < 4.78 is 5.44. The van der Waals surface area contributed by atoms with Gasteiger partial charge in [0, 0.05) is 12.5 Å². The van der Waals surface area contributed by atoms with Crippen LogP contribution < -0.4 is 0 Å². The molecule has 1 rings (SSSR count). The number of ether oxygens (including phenoxy) is 1. The third-order valence-electron chi connectivity index (χ3n) is 2.19. The van der Waals surface area contributed by atoms with Crippen molar-refractivity contribution < 1.29 is 9.53 Å². The smallest absolute Gasteiger partial charge is 0.125 e. The van der Waals surface area contributed by atoms with E-state index < -0.39 is 0 Å². The van der Waals surface area contributed by atoms with Gasteiger partial charge >= 0.3 is 0 Å². The van der Waals surface area contributed by atoms with E-state index in [0.717, 1.165) is 25.7 Å². The third kappa shape index (κ3) is 1.37. The van der Waals surface area contributed by atoms with Gasteiger partial charge in [-0.3, -0.25) is 0 Å². The monoisotopic (exact) mass is 142 g/mol. The van der Waals surface area contributed by atoms with E-state index in [1.807, 2.05) is 13.8 Å². The molecule has 0 saturated carbocycles. The minimum absolute atomic E-state index is 0.0984. The molecule has 2 heteroatoms. The highest BCUT2D eigenvalue weighted by Gasteiger charge is 2.32. The predicted molar refractivity (Wildman–Crippen MR) is 38.8 cm³/mol. The molecule has 0 radical (unpaired) electrons. The highest BCUT2D eigenvalue weighted by molar-refractivity contribution is 5.55. The van der Waals surface area contributed by atoms with Crippen molar-refractivity contribution in [3.63, 3.8) is 0 Å². The quantitative estimate of drug-likeness (QED) is 0.517. The number of carbonyl (C=O) groups excluding carboxylic acids is 1. The van der Waals surface area contributed by atoms with Gasteiger partial charge in [-0.2, -0.15) is 0 Å². The van der Waals surface area contributed by atoms with Crippen LogP contribution in [0, 0.1) is 5.92 Å². The summed E-state index contributed by atoms with van der Waals surface area (Å²) in [5.74, 6) is 0.0984. The largest absolute Gasteiger partial charge is 0.375 e. The van der Waals surface area contributed by atoms with Crippen LogP contribution in [0.3, 0.4) is 0 Å². The third-order valence-corrected chi connectivity index (χ3v) is 2.19. The number of carbonyl (C=O) groups is 1. The highest BCUT2D eigenvalue weighted by Crippen LogP contribution is 2.28. The molecule has 10 heavy (non-hydrogen) atoms. The van der Waals surface area contributed by atoms with E-state index in [9.17, 15) is 4.79 Å². The average molecular weight is 142 g/mol. The van der Waals surface area contributed by atoms with Crippen molar-refractivity contribution in [3.8, 4) is 0 Å². The van der Waals surface area contributed by atoms with Gasteiger partial charge in [-0.05, 0) is 26.7 Å². The molecule has 1 unspecified atom stereocenters. The summed E-state index contributed by atoms with van der Waals surface area (Å²) in [7, 11) is 0. The fraction of sp³-hybridized carbons (Fsp3) is 0.875. The highest BCUT2D eigenvalue weighted by atomic mass is 16.5. The van der Waals surface area contributed by atoms with E-state index >= 15 is 0 Å². The van der Waals surface area contributed by atoms with Crippen molar-refractivity contribution in [2.75, 3.05) is 6.61 Å². The molecule has 0 amide bonds. The second-order valence-corrected chi connectivity index (χ2v) is 3.34. The Morgan fingerprint density at radius 3 is 2.70 bits per heavy atom. The summed E-state index contributed by atoms with van der Waals surface area (Å²) in [5, 5.41) is 0. The molecule has 0 aromatic rings. The van der Waals surface area contributed by atoms with Gasteiger partial charge in [-0.1, -0.05) is 0 Å². The standard InChI is InChI=1S/C8H14O2/c1-8(2)7(6-9)4-3-5-10-8/h6-7H,3-5H2,1-2H3. The van der Waals surface area contributed by atoms with Crippen LogP contribution in [-0.2, 0) is 9.53 Å². The second-order valence-electron chi connectivity index (χ2n) is 3.34. The summed E-state index contributed by atoms with van der Waals surface area (Å²) in [6, 6.07) is 0. The Hall–Kier alpha value is -0.370. The van der Waals surface area contributed by atoms with Crippen LogP contribution >= 0.6 is 0 Å². The van der Waals surface area contributed by atoms with E-state index in [-0.39, 0.29) is 11.5 Å². The number of hydrogen-bond donors (Lipinski definition) is 0. The van der Waals surface area contributed by atoms with Crippen LogP contribution in [0.5, 0.6) is 0 Å². The molecule has 0 aliphatic carbocycles. The van der Waals surface area contributed by atoms with Gasteiger partial charge in [-0.15, -0.1) is 0 Å². The molecular weight excluding hydrogens is 128 g/mol. The first kappa shape index (κ1) is 7.73. The SMILES string of the molecule is CC1(C)OCCCC1C=O. The molecule has 0 N–H and O–H groups in total. The fourth-order valence-corrected chi connectivity index (χ4v) is 1.33. The van der Waals surface area contributed by atoms with Crippen LogP contribution in [-0.4, -0.2) is 18.5 Å². The van der Waals surface area contributed by atoms with Crippen molar-refractivity contribution in [2.45, 2.75) is 32.3 Å². The fourth-order valence-electron chi connectivity index (χ4n) is 1.33.